The molecule has 1 aromatic carbocycles. The number of fused-ring (bicyclic) bond motifs is 1. The van der Waals surface area contributed by atoms with E-state index in [-0.39, 0.29) is 11.2 Å². The summed E-state index contributed by atoms with van der Waals surface area (Å²) in [6, 6.07) is 9.57. The molecule has 0 radical (unpaired) electrons. The Labute approximate surface area is 112 Å². The molecule has 0 saturated carbocycles. The zero-order valence-corrected chi connectivity index (χ0v) is 11.4. The zero-order valence-electron chi connectivity index (χ0n) is 11.4. The lowest BCUT2D eigenvalue weighted by Crippen LogP contribution is -2.19. The number of nitrogens with zero attached hydrogens (tertiary/aromatic N) is 2. The van der Waals surface area contributed by atoms with Gasteiger partial charge in [0.25, 0.3) is 0 Å². The average Bonchev–Trinajstić information content (AvgIpc) is 2.70. The summed E-state index contributed by atoms with van der Waals surface area (Å²) in [7, 11) is 0. The third-order valence-corrected chi connectivity index (χ3v) is 2.84. The summed E-state index contributed by atoms with van der Waals surface area (Å²) in [5.74, 6) is -0.460. The lowest BCUT2D eigenvalue weighted by molar-refractivity contribution is -0.121. The lowest BCUT2D eigenvalue weighted by Gasteiger charge is -2.17. The van der Waals surface area contributed by atoms with Gasteiger partial charge >= 0.3 is 0 Å². The van der Waals surface area contributed by atoms with Gasteiger partial charge < -0.3 is 4.98 Å². The van der Waals surface area contributed by atoms with Crippen LogP contribution in [0.5, 0.6) is 0 Å². The molecule has 1 unspecified atom stereocenters. The summed E-state index contributed by atoms with van der Waals surface area (Å²) in [5, 5.41) is 9.24. The van der Waals surface area contributed by atoms with E-state index in [4.69, 9.17) is 0 Å². The maximum absolute atomic E-state index is 12.2. The van der Waals surface area contributed by atoms with E-state index in [9.17, 15) is 10.1 Å². The van der Waals surface area contributed by atoms with Crippen LogP contribution in [0.25, 0.3) is 11.0 Å². The van der Waals surface area contributed by atoms with Crippen molar-refractivity contribution in [2.24, 2.45) is 5.41 Å². The second-order valence-electron chi connectivity index (χ2n) is 5.91. The van der Waals surface area contributed by atoms with Crippen LogP contribution in [-0.4, -0.2) is 15.8 Å². The highest BCUT2D eigenvalue weighted by molar-refractivity contribution is 5.89. The number of para-hydroxylation sites is 2. The van der Waals surface area contributed by atoms with Crippen LogP contribution in [0.4, 0.5) is 0 Å². The first-order chi connectivity index (χ1) is 8.90. The maximum atomic E-state index is 12.2. The van der Waals surface area contributed by atoms with Gasteiger partial charge in [-0.2, -0.15) is 5.26 Å². The number of hydrogen-bond donors (Lipinski definition) is 1. The normalized spacial score (nSPS) is 13.2. The molecular weight excluding hydrogens is 238 g/mol. The molecule has 0 aliphatic rings. The highest BCUT2D eigenvalue weighted by atomic mass is 16.1. The van der Waals surface area contributed by atoms with Crippen LogP contribution in [0, 0.1) is 16.7 Å². The summed E-state index contributed by atoms with van der Waals surface area (Å²) in [5.41, 5.74) is 1.50. The Morgan fingerprint density at radius 1 is 1.42 bits per heavy atom. The Hall–Kier alpha value is -2.15. The van der Waals surface area contributed by atoms with E-state index in [1.54, 1.807) is 0 Å². The lowest BCUT2D eigenvalue weighted by atomic mass is 9.86. The number of carbonyl (C=O) groups is 1. The maximum Gasteiger partial charge on any atom is 0.162 e. The van der Waals surface area contributed by atoms with Crippen molar-refractivity contribution in [3.05, 3.63) is 30.1 Å². The van der Waals surface area contributed by atoms with Crippen molar-refractivity contribution in [2.45, 2.75) is 33.1 Å². The van der Waals surface area contributed by atoms with Gasteiger partial charge in [0, 0.05) is 6.42 Å². The van der Waals surface area contributed by atoms with E-state index < -0.39 is 5.92 Å². The third-order valence-electron chi connectivity index (χ3n) is 2.84. The zero-order chi connectivity index (χ0) is 14.0. The molecule has 0 amide bonds. The molecule has 1 atom stereocenters. The molecule has 0 bridgehead atoms. The number of Topliss-reactive ketones (excluding diaryl/α,β-unsaturated/α-hetero) is 1. The molecule has 4 nitrogen and oxygen atoms in total. The fourth-order valence-electron chi connectivity index (χ4n) is 2.02. The highest BCUT2D eigenvalue weighted by Crippen LogP contribution is 2.25. The number of rotatable bonds is 3. The van der Waals surface area contributed by atoms with Crippen molar-refractivity contribution in [1.82, 2.24) is 9.97 Å². The third kappa shape index (κ3) is 3.00. The molecule has 2 aromatic rings. The van der Waals surface area contributed by atoms with E-state index in [1.165, 1.54) is 0 Å². The van der Waals surface area contributed by atoms with E-state index in [0.29, 0.717) is 12.2 Å². The fraction of sp³-hybridized carbons (Fsp3) is 0.400. The minimum Gasteiger partial charge on any atom is -0.340 e. The number of aromatic nitrogens is 2. The standard InChI is InChI=1S/C15H17N3O/c1-15(2,3)8-13(19)10(9-16)14-17-11-6-4-5-7-12(11)18-14/h4-7,10H,8H2,1-3H3,(H,17,18). The topological polar surface area (TPSA) is 69.5 Å². The van der Waals surface area contributed by atoms with E-state index >= 15 is 0 Å². The Bertz CT molecular complexity index is 610. The van der Waals surface area contributed by atoms with E-state index in [1.807, 2.05) is 45.0 Å². The molecule has 1 N–H and O–H groups in total. The molecule has 1 aromatic heterocycles. The number of hydrogen-bond acceptors (Lipinski definition) is 3. The van der Waals surface area contributed by atoms with Gasteiger partial charge in [-0.3, -0.25) is 4.79 Å². The summed E-state index contributed by atoms with van der Waals surface area (Å²) < 4.78 is 0. The number of aromatic amines is 1. The van der Waals surface area contributed by atoms with Crippen LogP contribution in [0.2, 0.25) is 0 Å². The molecule has 0 aliphatic heterocycles. The molecule has 2 rings (SSSR count). The molecule has 4 heteroatoms. The first kappa shape index (κ1) is 13.3. The number of carbonyl (C=O) groups excluding carboxylic acids is 1. The average molecular weight is 255 g/mol. The molecule has 0 fully saturated rings. The van der Waals surface area contributed by atoms with Gasteiger partial charge in [0.2, 0.25) is 0 Å². The Morgan fingerprint density at radius 2 is 2.11 bits per heavy atom. The van der Waals surface area contributed by atoms with Gasteiger partial charge in [-0.15, -0.1) is 0 Å². The smallest absolute Gasteiger partial charge is 0.162 e. The Kier molecular flexibility index (Phi) is 3.39. The van der Waals surface area contributed by atoms with Crippen molar-refractivity contribution >= 4 is 16.8 Å². The molecule has 98 valence electrons. The van der Waals surface area contributed by atoms with Crippen molar-refractivity contribution in [2.75, 3.05) is 0 Å². The molecule has 0 aliphatic carbocycles. The first-order valence-corrected chi connectivity index (χ1v) is 6.28. The van der Waals surface area contributed by atoms with Gasteiger partial charge in [-0.05, 0) is 17.5 Å². The second kappa shape index (κ2) is 4.85. The van der Waals surface area contributed by atoms with Gasteiger partial charge in [-0.1, -0.05) is 32.9 Å². The SMILES string of the molecule is CC(C)(C)CC(=O)C(C#N)c1nc2ccccc2[nH]1. The number of nitrogens with one attached hydrogen (secondary N) is 1. The second-order valence-corrected chi connectivity index (χ2v) is 5.91. The highest BCUT2D eigenvalue weighted by Gasteiger charge is 2.27. The van der Waals surface area contributed by atoms with Crippen molar-refractivity contribution < 1.29 is 4.79 Å². The number of imidazole rings is 1. The first-order valence-electron chi connectivity index (χ1n) is 6.28. The van der Waals surface area contributed by atoms with Gasteiger partial charge in [-0.25, -0.2) is 4.98 Å². The monoisotopic (exact) mass is 255 g/mol. The molecule has 19 heavy (non-hydrogen) atoms. The number of ketones is 1. The van der Waals surface area contributed by atoms with Crippen molar-refractivity contribution in [3.8, 4) is 6.07 Å². The molecule has 0 saturated heterocycles. The predicted molar refractivity (Wildman–Crippen MR) is 73.5 cm³/mol. The number of nitriles is 1. The number of H-pyrrole nitrogens is 1. The number of benzene rings is 1. The molecule has 0 spiro atoms. The Balaban J connectivity index is 2.32. The van der Waals surface area contributed by atoms with Crippen LogP contribution in [0.1, 0.15) is 38.9 Å². The molecular formula is C15H17N3O. The van der Waals surface area contributed by atoms with Crippen LogP contribution in [0.3, 0.4) is 0 Å². The van der Waals surface area contributed by atoms with Crippen LogP contribution < -0.4 is 0 Å². The van der Waals surface area contributed by atoms with Gasteiger partial charge in [0.1, 0.15) is 5.82 Å². The fourth-order valence-corrected chi connectivity index (χ4v) is 2.02. The predicted octanol–water partition coefficient (Wildman–Crippen LogP) is 3.18. The quantitative estimate of drug-likeness (QED) is 0.915. The minimum atomic E-state index is -0.813. The van der Waals surface area contributed by atoms with Crippen molar-refractivity contribution in [1.29, 1.82) is 5.26 Å². The Morgan fingerprint density at radius 3 is 2.68 bits per heavy atom. The summed E-state index contributed by atoms with van der Waals surface area (Å²) in [4.78, 5) is 19.6. The van der Waals surface area contributed by atoms with Crippen LogP contribution in [-0.2, 0) is 4.79 Å². The van der Waals surface area contributed by atoms with Crippen LogP contribution >= 0.6 is 0 Å². The minimum absolute atomic E-state index is 0.0888. The summed E-state index contributed by atoms with van der Waals surface area (Å²) >= 11 is 0. The largest absolute Gasteiger partial charge is 0.340 e. The summed E-state index contributed by atoms with van der Waals surface area (Å²) in [6.45, 7) is 5.95. The van der Waals surface area contributed by atoms with E-state index in [2.05, 4.69) is 16.0 Å². The van der Waals surface area contributed by atoms with Gasteiger partial charge in [0.15, 0.2) is 11.7 Å². The van der Waals surface area contributed by atoms with Gasteiger partial charge in [0.05, 0.1) is 17.1 Å². The van der Waals surface area contributed by atoms with E-state index in [0.717, 1.165) is 11.0 Å². The molecule has 1 heterocycles. The van der Waals surface area contributed by atoms with Crippen molar-refractivity contribution in [3.63, 3.8) is 0 Å². The summed E-state index contributed by atoms with van der Waals surface area (Å²) in [6.07, 6.45) is 0.363. The van der Waals surface area contributed by atoms with Crippen LogP contribution in [0.15, 0.2) is 24.3 Å².